The van der Waals surface area contributed by atoms with E-state index in [0.29, 0.717) is 0 Å². The molecule has 4 heteroatoms. The Morgan fingerprint density at radius 1 is 0.247 bits per heavy atom. The summed E-state index contributed by atoms with van der Waals surface area (Å²) in [6, 6.07) is 107. The molecule has 0 N–H and O–H groups in total. The fourth-order valence-corrected chi connectivity index (χ4v) is 16.6. The highest BCUT2D eigenvalue weighted by Crippen LogP contribution is 2.61. The van der Waals surface area contributed by atoms with E-state index in [4.69, 9.17) is 0 Å². The molecule has 0 radical (unpaired) electrons. The number of hydrogen-bond acceptors (Lipinski definition) is 4. The minimum atomic E-state index is -0.426. The highest BCUT2D eigenvalue weighted by molar-refractivity contribution is 7.25. The zero-order valence-corrected chi connectivity index (χ0v) is 51.7. The molecule has 1 heterocycles. The summed E-state index contributed by atoms with van der Waals surface area (Å²) in [5.41, 5.74) is 27.4. The highest BCUT2D eigenvalue weighted by Gasteiger charge is 2.45. The lowest BCUT2D eigenvalue weighted by molar-refractivity contribution is 0.652. The smallest absolute Gasteiger partial charge is 0.0540 e. The van der Waals surface area contributed by atoms with Gasteiger partial charge in [0.15, 0.2) is 0 Å². The van der Waals surface area contributed by atoms with Gasteiger partial charge in [0.1, 0.15) is 0 Å². The van der Waals surface area contributed by atoms with Crippen LogP contribution in [0.4, 0.5) is 51.2 Å². The molecule has 0 spiro atoms. The molecular formula is C85H65N3S. The van der Waals surface area contributed by atoms with Crippen LogP contribution in [0.1, 0.15) is 74.9 Å². The molecule has 0 saturated carbocycles. The zero-order chi connectivity index (χ0) is 59.9. The van der Waals surface area contributed by atoms with E-state index in [9.17, 15) is 0 Å². The molecular weight excluding hydrogens is 1100 g/mol. The molecule has 0 saturated heterocycles. The van der Waals surface area contributed by atoms with E-state index < -0.39 is 5.41 Å². The molecule has 14 aromatic rings. The average molecular weight is 1160 g/mol. The lowest BCUT2D eigenvalue weighted by atomic mass is 9.78. The second kappa shape index (κ2) is 19.9. The fraction of sp³-hybridized carbons (Fsp3) is 0.106. The number of para-hydroxylation sites is 2. The first-order valence-electron chi connectivity index (χ1n) is 31.2. The van der Waals surface area contributed by atoms with Gasteiger partial charge in [-0.1, -0.05) is 211 Å². The summed E-state index contributed by atoms with van der Waals surface area (Å²) in [4.78, 5) is 7.53. The molecule has 3 aliphatic carbocycles. The Bertz CT molecular complexity index is 5170. The standard InChI is InChI=1S/C85H65N3S/c1-83(2)73-34-20-18-32-65(73)66-44-41-61(49-74(66)83)86(57-27-12-8-13-28-57)63-48-72-70-53-76-69(52-77(70)85(5,6)82(72)79(51-63)88(58-29-14-9-15-30-58)60-43-46-81-71(47-60)68-33-19-21-36-80(68)89-81)67-45-42-62(50-75(67)84(76,3)4)87(78-35-22-26-56-25-16-17-31-64(56)78)59-39-37-55(38-40-59)54-23-10-7-11-24-54/h7-53H,1-6H3. The molecule has 0 fully saturated rings. The van der Waals surface area contributed by atoms with Gasteiger partial charge in [-0.25, -0.2) is 0 Å². The summed E-state index contributed by atoms with van der Waals surface area (Å²) in [6.07, 6.45) is 0. The van der Waals surface area contributed by atoms with E-state index in [1.807, 2.05) is 11.3 Å². The summed E-state index contributed by atoms with van der Waals surface area (Å²) >= 11 is 1.87. The van der Waals surface area contributed by atoms with Gasteiger partial charge in [0.05, 0.1) is 11.4 Å². The van der Waals surface area contributed by atoms with Crippen LogP contribution in [0.15, 0.2) is 285 Å². The molecule has 0 bridgehead atoms. The molecule has 0 amide bonds. The topological polar surface area (TPSA) is 9.72 Å². The third kappa shape index (κ3) is 8.16. The van der Waals surface area contributed by atoms with Crippen molar-refractivity contribution in [1.29, 1.82) is 0 Å². The summed E-state index contributed by atoms with van der Waals surface area (Å²) < 4.78 is 2.59. The molecule has 1 aromatic heterocycles. The SMILES string of the molecule is CC1(C)c2ccccc2-c2ccc(N(c3ccccc3)c3cc4c(c(N(c5ccccc5)c5ccc6sc7ccccc7c6c5)c3)C(C)(C)c3cc5c(cc3-4)C(C)(C)c3cc(N(c4ccc(-c6ccccc6)cc4)c4cccc6ccccc46)ccc3-5)cc21. The van der Waals surface area contributed by atoms with Gasteiger partial charge in [-0.3, -0.25) is 0 Å². The number of fused-ring (bicyclic) bond motifs is 13. The monoisotopic (exact) mass is 1160 g/mol. The van der Waals surface area contributed by atoms with Crippen molar-refractivity contribution in [1.82, 2.24) is 0 Å². The second-order valence-corrected chi connectivity index (χ2v) is 27.2. The van der Waals surface area contributed by atoms with E-state index in [2.05, 4.69) is 341 Å². The lowest BCUT2D eigenvalue weighted by Crippen LogP contribution is -2.22. The Morgan fingerprint density at radius 2 is 0.719 bits per heavy atom. The van der Waals surface area contributed by atoms with Crippen LogP contribution in [-0.2, 0) is 16.2 Å². The number of thiophene rings is 1. The van der Waals surface area contributed by atoms with Crippen molar-refractivity contribution in [3.05, 3.63) is 318 Å². The van der Waals surface area contributed by atoms with Crippen LogP contribution in [0, 0.1) is 0 Å². The second-order valence-electron chi connectivity index (χ2n) is 26.1. The molecule has 89 heavy (non-hydrogen) atoms. The Morgan fingerprint density at radius 3 is 1.45 bits per heavy atom. The third-order valence-corrected chi connectivity index (χ3v) is 21.1. The summed E-state index contributed by atoms with van der Waals surface area (Å²) in [5, 5.41) is 4.98. The predicted octanol–water partition coefficient (Wildman–Crippen LogP) is 24.2. The van der Waals surface area contributed by atoms with Crippen molar-refractivity contribution in [2.24, 2.45) is 0 Å². The number of anilines is 9. The van der Waals surface area contributed by atoms with Crippen LogP contribution >= 0.6 is 11.3 Å². The predicted molar refractivity (Wildman–Crippen MR) is 379 cm³/mol. The fourth-order valence-electron chi connectivity index (χ4n) is 15.5. The Balaban J connectivity index is 0.872. The van der Waals surface area contributed by atoms with Gasteiger partial charge >= 0.3 is 0 Å². The van der Waals surface area contributed by atoms with Gasteiger partial charge in [0.2, 0.25) is 0 Å². The molecule has 3 aliphatic rings. The van der Waals surface area contributed by atoms with Crippen LogP contribution in [0.5, 0.6) is 0 Å². The molecule has 17 rings (SSSR count). The van der Waals surface area contributed by atoms with E-state index in [1.54, 1.807) is 0 Å². The van der Waals surface area contributed by atoms with Gasteiger partial charge in [-0.05, 0) is 199 Å². The van der Waals surface area contributed by atoms with Gasteiger partial charge in [-0.2, -0.15) is 0 Å². The van der Waals surface area contributed by atoms with Gasteiger partial charge in [0, 0.05) is 81.6 Å². The molecule has 3 nitrogen and oxygen atoms in total. The Hall–Kier alpha value is -10.3. The first-order valence-corrected chi connectivity index (χ1v) is 32.0. The Labute approximate surface area is 525 Å². The summed E-state index contributed by atoms with van der Waals surface area (Å²) in [6.45, 7) is 14.6. The van der Waals surface area contributed by atoms with Crippen molar-refractivity contribution in [3.63, 3.8) is 0 Å². The lowest BCUT2D eigenvalue weighted by Gasteiger charge is -2.34. The maximum Gasteiger partial charge on any atom is 0.0540 e. The maximum absolute atomic E-state index is 2.59. The summed E-state index contributed by atoms with van der Waals surface area (Å²) in [5.74, 6) is 0. The van der Waals surface area contributed by atoms with Crippen LogP contribution in [0.3, 0.4) is 0 Å². The quantitative estimate of drug-likeness (QED) is 0.135. The molecule has 0 aliphatic heterocycles. The maximum atomic E-state index is 2.59. The van der Waals surface area contributed by atoms with E-state index in [-0.39, 0.29) is 10.8 Å². The van der Waals surface area contributed by atoms with Crippen molar-refractivity contribution in [2.75, 3.05) is 14.7 Å². The van der Waals surface area contributed by atoms with E-state index in [0.717, 1.165) is 51.2 Å². The largest absolute Gasteiger partial charge is 0.310 e. The van der Waals surface area contributed by atoms with Crippen LogP contribution in [-0.4, -0.2) is 0 Å². The molecule has 0 unspecified atom stereocenters. The van der Waals surface area contributed by atoms with Crippen molar-refractivity contribution in [3.8, 4) is 44.5 Å². The number of hydrogen-bond donors (Lipinski definition) is 0. The third-order valence-electron chi connectivity index (χ3n) is 20.0. The van der Waals surface area contributed by atoms with Crippen LogP contribution in [0.25, 0.3) is 75.5 Å². The molecule has 0 atom stereocenters. The van der Waals surface area contributed by atoms with E-state index >= 15 is 0 Å². The minimum absolute atomic E-state index is 0.182. The Kier molecular flexibility index (Phi) is 11.8. The van der Waals surface area contributed by atoms with Crippen molar-refractivity contribution in [2.45, 2.75) is 57.8 Å². The summed E-state index contributed by atoms with van der Waals surface area (Å²) in [7, 11) is 0. The van der Waals surface area contributed by atoms with Crippen LogP contribution in [0.2, 0.25) is 0 Å². The zero-order valence-electron chi connectivity index (χ0n) is 50.9. The van der Waals surface area contributed by atoms with Gasteiger partial charge in [-0.15, -0.1) is 11.3 Å². The highest BCUT2D eigenvalue weighted by atomic mass is 32.1. The number of nitrogens with zero attached hydrogens (tertiary/aromatic N) is 3. The number of rotatable bonds is 10. The van der Waals surface area contributed by atoms with Crippen molar-refractivity contribution < 1.29 is 0 Å². The normalized spacial score (nSPS) is 14.2. The van der Waals surface area contributed by atoms with E-state index in [1.165, 1.54) is 109 Å². The van der Waals surface area contributed by atoms with Gasteiger partial charge in [0.25, 0.3) is 0 Å². The number of benzene rings is 13. The van der Waals surface area contributed by atoms with Crippen LogP contribution < -0.4 is 14.7 Å². The minimum Gasteiger partial charge on any atom is -0.310 e. The van der Waals surface area contributed by atoms with Crippen molar-refractivity contribution >= 4 is 93.5 Å². The first kappa shape index (κ1) is 53.0. The van der Waals surface area contributed by atoms with Gasteiger partial charge < -0.3 is 14.7 Å². The molecule has 426 valence electrons. The average Bonchev–Trinajstić information content (AvgIpc) is 1.58. The first-order chi connectivity index (χ1) is 43.4. The molecule has 13 aromatic carbocycles.